The van der Waals surface area contributed by atoms with E-state index in [2.05, 4.69) is 36.9 Å². The van der Waals surface area contributed by atoms with Crippen LogP contribution >= 0.6 is 27.5 Å². The molecule has 2 aromatic rings. The van der Waals surface area contributed by atoms with Gasteiger partial charge in [0.25, 0.3) is 0 Å². The molecule has 0 radical (unpaired) electrons. The summed E-state index contributed by atoms with van der Waals surface area (Å²) in [5, 5.41) is 9.63. The summed E-state index contributed by atoms with van der Waals surface area (Å²) in [4.78, 5) is 25.1. The number of piperazine rings is 1. The molecule has 1 aliphatic heterocycles. The van der Waals surface area contributed by atoms with Crippen molar-refractivity contribution < 1.29 is 9.53 Å². The summed E-state index contributed by atoms with van der Waals surface area (Å²) >= 11 is 9.63. The maximum atomic E-state index is 12.6. The van der Waals surface area contributed by atoms with Gasteiger partial charge in [0.1, 0.15) is 16.3 Å². The fourth-order valence-electron chi connectivity index (χ4n) is 3.20. The van der Waals surface area contributed by atoms with Crippen molar-refractivity contribution in [3.63, 3.8) is 0 Å². The van der Waals surface area contributed by atoms with Crippen molar-refractivity contribution in [1.82, 2.24) is 14.9 Å². The summed E-state index contributed by atoms with van der Waals surface area (Å²) in [5.41, 5.74) is 1.67. The molecule has 3 heterocycles. The largest absolute Gasteiger partial charge is 0.444 e. The molecule has 0 saturated carbocycles. The number of rotatable bonds is 2. The summed E-state index contributed by atoms with van der Waals surface area (Å²) in [5.74, 6) is 0. The lowest BCUT2D eigenvalue weighted by atomic mass is 10.1. The molecular weight excluding hydrogens is 446 g/mol. The number of nitrogens with zero attached hydrogens (tertiary/aromatic N) is 5. The zero-order valence-corrected chi connectivity index (χ0v) is 18.3. The standard InChI is InChI=1S/C19H21BrClN5O2/c1-19(2,3)28-18(27)26-7-6-25(11-13(26)4-5-22)15-9-16(21)24-14-8-12(20)10-23-17(14)15/h8-10,13H,4,6-7,11H2,1-3H3. The molecule has 1 fully saturated rings. The molecule has 1 amide bonds. The number of carbonyl (C=O) groups excluding carboxylic acids is 1. The number of aromatic nitrogens is 2. The van der Waals surface area contributed by atoms with Crippen LogP contribution in [-0.4, -0.2) is 52.2 Å². The van der Waals surface area contributed by atoms with Gasteiger partial charge < -0.3 is 14.5 Å². The molecule has 9 heteroatoms. The van der Waals surface area contributed by atoms with Gasteiger partial charge in [-0.05, 0) is 42.8 Å². The first-order valence-corrected chi connectivity index (χ1v) is 10.1. The molecule has 3 rings (SSSR count). The van der Waals surface area contributed by atoms with Gasteiger partial charge in [-0.15, -0.1) is 0 Å². The van der Waals surface area contributed by atoms with Gasteiger partial charge in [0.2, 0.25) is 0 Å². The van der Waals surface area contributed by atoms with E-state index in [1.807, 2.05) is 26.8 Å². The Morgan fingerprint density at radius 2 is 2.18 bits per heavy atom. The third-order valence-corrected chi connectivity index (χ3v) is 4.97. The molecule has 28 heavy (non-hydrogen) atoms. The quantitative estimate of drug-likeness (QED) is 0.611. The number of carbonyl (C=O) groups is 1. The average Bonchev–Trinajstić information content (AvgIpc) is 2.59. The van der Waals surface area contributed by atoms with Crippen molar-refractivity contribution in [3.05, 3.63) is 28.0 Å². The van der Waals surface area contributed by atoms with Crippen LogP contribution in [0.15, 0.2) is 22.8 Å². The van der Waals surface area contributed by atoms with Gasteiger partial charge in [-0.1, -0.05) is 11.6 Å². The van der Waals surface area contributed by atoms with Crippen LogP contribution in [0.1, 0.15) is 27.2 Å². The van der Waals surface area contributed by atoms with E-state index in [1.165, 1.54) is 0 Å². The number of nitriles is 1. The predicted octanol–water partition coefficient (Wildman–Crippen LogP) is 4.39. The van der Waals surface area contributed by atoms with E-state index in [0.717, 1.165) is 15.7 Å². The number of hydrogen-bond acceptors (Lipinski definition) is 6. The minimum Gasteiger partial charge on any atom is -0.444 e. The highest BCUT2D eigenvalue weighted by molar-refractivity contribution is 9.10. The third kappa shape index (κ3) is 4.65. The molecule has 0 spiro atoms. The van der Waals surface area contributed by atoms with Crippen molar-refractivity contribution >= 4 is 50.3 Å². The van der Waals surface area contributed by atoms with E-state index in [4.69, 9.17) is 16.3 Å². The first-order valence-electron chi connectivity index (χ1n) is 8.91. The molecule has 0 bridgehead atoms. The predicted molar refractivity (Wildman–Crippen MR) is 111 cm³/mol. The van der Waals surface area contributed by atoms with Crippen molar-refractivity contribution in [1.29, 1.82) is 5.26 Å². The second-order valence-corrected chi connectivity index (χ2v) is 8.92. The number of halogens is 2. The fraction of sp³-hybridized carbons (Fsp3) is 0.474. The van der Waals surface area contributed by atoms with Crippen LogP contribution in [0.2, 0.25) is 5.15 Å². The number of ether oxygens (including phenoxy) is 1. The maximum absolute atomic E-state index is 12.6. The van der Waals surface area contributed by atoms with Gasteiger partial charge in [0, 0.05) is 36.4 Å². The summed E-state index contributed by atoms with van der Waals surface area (Å²) in [6, 6.07) is 5.53. The molecule has 1 aliphatic rings. The summed E-state index contributed by atoms with van der Waals surface area (Å²) < 4.78 is 6.33. The number of amides is 1. The highest BCUT2D eigenvalue weighted by Crippen LogP contribution is 2.31. The zero-order valence-electron chi connectivity index (χ0n) is 15.9. The molecule has 1 atom stereocenters. The monoisotopic (exact) mass is 465 g/mol. The highest BCUT2D eigenvalue weighted by Gasteiger charge is 2.34. The summed E-state index contributed by atoms with van der Waals surface area (Å²) in [7, 11) is 0. The normalized spacial score (nSPS) is 17.5. The van der Waals surface area contributed by atoms with Crippen LogP contribution in [0, 0.1) is 11.3 Å². The van der Waals surface area contributed by atoms with E-state index in [1.54, 1.807) is 17.2 Å². The van der Waals surface area contributed by atoms with Gasteiger partial charge in [-0.2, -0.15) is 5.26 Å². The molecule has 148 valence electrons. The Bertz CT molecular complexity index is 935. The number of fused-ring (bicyclic) bond motifs is 1. The Balaban J connectivity index is 1.89. The van der Waals surface area contributed by atoms with Gasteiger partial charge in [0.15, 0.2) is 0 Å². The van der Waals surface area contributed by atoms with Gasteiger partial charge in [-0.3, -0.25) is 4.98 Å². The van der Waals surface area contributed by atoms with Gasteiger partial charge >= 0.3 is 6.09 Å². The average molecular weight is 467 g/mol. The molecule has 1 unspecified atom stereocenters. The molecule has 0 aromatic carbocycles. The minimum atomic E-state index is -0.586. The smallest absolute Gasteiger partial charge is 0.410 e. The van der Waals surface area contributed by atoms with E-state index in [9.17, 15) is 10.1 Å². The van der Waals surface area contributed by atoms with Crippen LogP contribution in [0.4, 0.5) is 10.5 Å². The molecule has 7 nitrogen and oxygen atoms in total. The van der Waals surface area contributed by atoms with Crippen molar-refractivity contribution in [2.45, 2.75) is 38.8 Å². The lowest BCUT2D eigenvalue weighted by molar-refractivity contribution is 0.0145. The van der Waals surface area contributed by atoms with Crippen LogP contribution in [0.5, 0.6) is 0 Å². The first-order chi connectivity index (χ1) is 13.2. The SMILES string of the molecule is CC(C)(C)OC(=O)N1CCN(c2cc(Cl)nc3cc(Br)cnc23)CC1CC#N. The zero-order chi connectivity index (χ0) is 20.5. The molecule has 0 N–H and O–H groups in total. The Labute approximate surface area is 177 Å². The summed E-state index contributed by atoms with van der Waals surface area (Å²) in [6.45, 7) is 6.99. The Morgan fingerprint density at radius 1 is 1.43 bits per heavy atom. The number of hydrogen-bond donors (Lipinski definition) is 0. The van der Waals surface area contributed by atoms with Crippen molar-refractivity contribution in [3.8, 4) is 6.07 Å². The topological polar surface area (TPSA) is 82.3 Å². The van der Waals surface area contributed by atoms with E-state index in [0.29, 0.717) is 30.3 Å². The van der Waals surface area contributed by atoms with E-state index < -0.39 is 11.7 Å². The Hall–Kier alpha value is -2.11. The van der Waals surface area contributed by atoms with Gasteiger partial charge in [0.05, 0.1) is 29.7 Å². The van der Waals surface area contributed by atoms with Crippen LogP contribution in [-0.2, 0) is 4.74 Å². The molecule has 0 aliphatic carbocycles. The fourth-order valence-corrected chi connectivity index (χ4v) is 3.71. The minimum absolute atomic E-state index is 0.214. The number of anilines is 1. The Morgan fingerprint density at radius 3 is 2.86 bits per heavy atom. The second kappa shape index (κ2) is 8.10. The third-order valence-electron chi connectivity index (χ3n) is 4.34. The maximum Gasteiger partial charge on any atom is 0.410 e. The number of pyridine rings is 2. The van der Waals surface area contributed by atoms with Gasteiger partial charge in [-0.25, -0.2) is 9.78 Å². The lowest BCUT2D eigenvalue weighted by Crippen LogP contribution is -2.56. The molecular formula is C19H21BrClN5O2. The lowest BCUT2D eigenvalue weighted by Gasteiger charge is -2.42. The molecule has 1 saturated heterocycles. The Kier molecular flexibility index (Phi) is 5.96. The molecule has 2 aromatic heterocycles. The first kappa shape index (κ1) is 20.6. The second-order valence-electron chi connectivity index (χ2n) is 7.62. The summed E-state index contributed by atoms with van der Waals surface area (Å²) in [6.07, 6.45) is 1.53. The highest BCUT2D eigenvalue weighted by atomic mass is 79.9. The van der Waals surface area contributed by atoms with Crippen molar-refractivity contribution in [2.75, 3.05) is 24.5 Å². The van der Waals surface area contributed by atoms with Crippen LogP contribution in [0.25, 0.3) is 11.0 Å². The van der Waals surface area contributed by atoms with Crippen LogP contribution < -0.4 is 4.90 Å². The van der Waals surface area contributed by atoms with E-state index in [-0.39, 0.29) is 12.5 Å². The van der Waals surface area contributed by atoms with Crippen molar-refractivity contribution in [2.24, 2.45) is 0 Å². The van der Waals surface area contributed by atoms with E-state index >= 15 is 0 Å². The van der Waals surface area contributed by atoms with Crippen LogP contribution in [0.3, 0.4) is 0 Å².